The molecule has 1 atom stereocenters. The molecular formula is C13H17NO3. The quantitative estimate of drug-likeness (QED) is 0.642. The van der Waals surface area contributed by atoms with Crippen molar-refractivity contribution in [1.82, 2.24) is 5.32 Å². The Morgan fingerprint density at radius 1 is 1.35 bits per heavy atom. The first kappa shape index (κ1) is 13.2. The maximum absolute atomic E-state index is 11.9. The Morgan fingerprint density at radius 2 is 2.00 bits per heavy atom. The third-order valence-electron chi connectivity index (χ3n) is 2.38. The molecule has 0 bridgehead atoms. The molecule has 1 aromatic carbocycles. The molecule has 1 N–H and O–H groups in total. The van der Waals surface area contributed by atoms with Crippen LogP contribution in [0.3, 0.4) is 0 Å². The van der Waals surface area contributed by atoms with Gasteiger partial charge in [0.15, 0.2) is 0 Å². The van der Waals surface area contributed by atoms with Gasteiger partial charge in [-0.15, -0.1) is 0 Å². The van der Waals surface area contributed by atoms with Gasteiger partial charge in [0.25, 0.3) is 5.91 Å². The molecule has 17 heavy (non-hydrogen) atoms. The van der Waals surface area contributed by atoms with Crippen LogP contribution in [0.15, 0.2) is 24.3 Å². The Labute approximate surface area is 101 Å². The molecule has 1 rings (SSSR count). The third kappa shape index (κ3) is 3.90. The Kier molecular flexibility index (Phi) is 4.69. The van der Waals surface area contributed by atoms with Crippen molar-refractivity contribution in [1.29, 1.82) is 0 Å². The molecule has 0 saturated carbocycles. The number of ether oxygens (including phenoxy) is 1. The second kappa shape index (κ2) is 6.03. The van der Waals surface area contributed by atoms with Crippen LogP contribution in [-0.2, 0) is 4.79 Å². The highest BCUT2D eigenvalue weighted by molar-refractivity contribution is 5.97. The molecule has 0 aromatic heterocycles. The lowest BCUT2D eigenvalue weighted by molar-refractivity contribution is -0.131. The molecular weight excluding hydrogens is 218 g/mol. The third-order valence-corrected chi connectivity index (χ3v) is 2.38. The van der Waals surface area contributed by atoms with Crippen LogP contribution in [-0.4, -0.2) is 17.9 Å². The van der Waals surface area contributed by atoms with E-state index in [4.69, 9.17) is 4.74 Å². The number of esters is 1. The molecule has 4 heteroatoms. The first-order valence-electron chi connectivity index (χ1n) is 5.63. The van der Waals surface area contributed by atoms with E-state index in [1.54, 1.807) is 24.3 Å². The fraction of sp³-hybridized carbons (Fsp3) is 0.385. The Hall–Kier alpha value is -1.84. The molecule has 0 aliphatic rings. The minimum absolute atomic E-state index is 0.0906. The van der Waals surface area contributed by atoms with Crippen LogP contribution in [0.5, 0.6) is 5.75 Å². The maximum atomic E-state index is 11.9. The maximum Gasteiger partial charge on any atom is 0.308 e. The summed E-state index contributed by atoms with van der Waals surface area (Å²) in [5, 5.41) is 2.83. The lowest BCUT2D eigenvalue weighted by atomic mass is 10.1. The van der Waals surface area contributed by atoms with Crippen molar-refractivity contribution in [2.45, 2.75) is 33.2 Å². The number of amides is 1. The summed E-state index contributed by atoms with van der Waals surface area (Å²) < 4.78 is 4.98. The first-order chi connectivity index (χ1) is 8.04. The molecule has 0 aliphatic heterocycles. The van der Waals surface area contributed by atoms with Gasteiger partial charge in [-0.3, -0.25) is 9.59 Å². The van der Waals surface area contributed by atoms with E-state index in [-0.39, 0.29) is 11.9 Å². The highest BCUT2D eigenvalue weighted by Crippen LogP contribution is 2.18. The number of hydrogen-bond acceptors (Lipinski definition) is 3. The summed E-state index contributed by atoms with van der Waals surface area (Å²) in [7, 11) is 0. The Morgan fingerprint density at radius 3 is 2.59 bits per heavy atom. The number of carbonyl (C=O) groups excluding carboxylic acids is 2. The SMILES string of the molecule is CCC(C)NC(=O)c1ccccc1OC(C)=O. The second-order valence-electron chi connectivity index (χ2n) is 3.87. The molecule has 1 unspecified atom stereocenters. The van der Waals surface area contributed by atoms with Gasteiger partial charge in [0.2, 0.25) is 0 Å². The zero-order valence-electron chi connectivity index (χ0n) is 10.3. The van der Waals surface area contributed by atoms with E-state index in [0.29, 0.717) is 11.3 Å². The summed E-state index contributed by atoms with van der Waals surface area (Å²) >= 11 is 0. The van der Waals surface area contributed by atoms with Gasteiger partial charge in [-0.2, -0.15) is 0 Å². The van der Waals surface area contributed by atoms with E-state index in [0.717, 1.165) is 6.42 Å². The average Bonchev–Trinajstić information content (AvgIpc) is 2.28. The summed E-state index contributed by atoms with van der Waals surface area (Å²) in [6.45, 7) is 5.22. The summed E-state index contributed by atoms with van der Waals surface area (Å²) in [6.07, 6.45) is 0.849. The van der Waals surface area contributed by atoms with Crippen LogP contribution < -0.4 is 10.1 Å². The van der Waals surface area contributed by atoms with Crippen LogP contribution in [0.2, 0.25) is 0 Å². The highest BCUT2D eigenvalue weighted by atomic mass is 16.5. The molecule has 92 valence electrons. The number of benzene rings is 1. The number of rotatable bonds is 4. The van der Waals surface area contributed by atoms with Gasteiger partial charge < -0.3 is 10.1 Å². The normalized spacial score (nSPS) is 11.7. The second-order valence-corrected chi connectivity index (χ2v) is 3.87. The molecule has 0 saturated heterocycles. The van der Waals surface area contributed by atoms with Crippen molar-refractivity contribution in [3.05, 3.63) is 29.8 Å². The zero-order valence-corrected chi connectivity index (χ0v) is 10.3. The van der Waals surface area contributed by atoms with Crippen LogP contribution >= 0.6 is 0 Å². The average molecular weight is 235 g/mol. The van der Waals surface area contributed by atoms with E-state index >= 15 is 0 Å². The molecule has 0 radical (unpaired) electrons. The van der Waals surface area contributed by atoms with Crippen molar-refractivity contribution in [3.8, 4) is 5.75 Å². The van der Waals surface area contributed by atoms with Crippen LogP contribution in [0.4, 0.5) is 0 Å². The molecule has 0 spiro atoms. The van der Waals surface area contributed by atoms with E-state index in [9.17, 15) is 9.59 Å². The Balaban J connectivity index is 2.88. The van der Waals surface area contributed by atoms with Crippen LogP contribution in [0.25, 0.3) is 0 Å². The molecule has 0 aliphatic carbocycles. The van der Waals surface area contributed by atoms with E-state index in [1.807, 2.05) is 13.8 Å². The fourth-order valence-electron chi connectivity index (χ4n) is 1.30. The lowest BCUT2D eigenvalue weighted by Crippen LogP contribution is -2.32. The predicted octanol–water partition coefficient (Wildman–Crippen LogP) is 2.14. The van der Waals surface area contributed by atoms with Crippen molar-refractivity contribution in [3.63, 3.8) is 0 Å². The van der Waals surface area contributed by atoms with Crippen molar-refractivity contribution in [2.75, 3.05) is 0 Å². The van der Waals surface area contributed by atoms with Gasteiger partial charge >= 0.3 is 5.97 Å². The molecule has 0 heterocycles. The predicted molar refractivity (Wildman–Crippen MR) is 65.0 cm³/mol. The van der Waals surface area contributed by atoms with Gasteiger partial charge in [-0.1, -0.05) is 19.1 Å². The summed E-state index contributed by atoms with van der Waals surface area (Å²) in [5.74, 6) is -0.370. The van der Waals surface area contributed by atoms with Gasteiger partial charge in [0, 0.05) is 13.0 Å². The Bertz CT molecular complexity index is 415. The van der Waals surface area contributed by atoms with Crippen molar-refractivity contribution >= 4 is 11.9 Å². The van der Waals surface area contributed by atoms with E-state index < -0.39 is 5.97 Å². The summed E-state index contributed by atoms with van der Waals surface area (Å²) in [4.78, 5) is 22.8. The number of nitrogens with one attached hydrogen (secondary N) is 1. The van der Waals surface area contributed by atoms with Gasteiger partial charge in [-0.05, 0) is 25.5 Å². The van der Waals surface area contributed by atoms with Crippen molar-refractivity contribution in [2.24, 2.45) is 0 Å². The van der Waals surface area contributed by atoms with Gasteiger partial charge in [0.1, 0.15) is 5.75 Å². The topological polar surface area (TPSA) is 55.4 Å². The largest absolute Gasteiger partial charge is 0.426 e. The van der Waals surface area contributed by atoms with Crippen molar-refractivity contribution < 1.29 is 14.3 Å². The molecule has 4 nitrogen and oxygen atoms in total. The number of para-hydroxylation sites is 1. The molecule has 1 aromatic rings. The lowest BCUT2D eigenvalue weighted by Gasteiger charge is -2.13. The fourth-order valence-corrected chi connectivity index (χ4v) is 1.30. The standard InChI is InChI=1S/C13H17NO3/c1-4-9(2)14-13(16)11-7-5-6-8-12(11)17-10(3)15/h5-9H,4H2,1-3H3,(H,14,16). The van der Waals surface area contributed by atoms with Gasteiger partial charge in [-0.25, -0.2) is 0 Å². The summed E-state index contributed by atoms with van der Waals surface area (Å²) in [5.41, 5.74) is 0.378. The van der Waals surface area contributed by atoms with E-state index in [1.165, 1.54) is 6.92 Å². The minimum Gasteiger partial charge on any atom is -0.426 e. The number of carbonyl (C=O) groups is 2. The minimum atomic E-state index is -0.436. The zero-order chi connectivity index (χ0) is 12.8. The number of hydrogen-bond donors (Lipinski definition) is 1. The summed E-state index contributed by atoms with van der Waals surface area (Å²) in [6, 6.07) is 6.78. The van der Waals surface area contributed by atoms with Crippen LogP contribution in [0, 0.1) is 0 Å². The smallest absolute Gasteiger partial charge is 0.308 e. The molecule has 1 amide bonds. The van der Waals surface area contributed by atoms with E-state index in [2.05, 4.69) is 5.32 Å². The molecule has 0 fully saturated rings. The van der Waals surface area contributed by atoms with Crippen LogP contribution in [0.1, 0.15) is 37.6 Å². The highest BCUT2D eigenvalue weighted by Gasteiger charge is 2.14. The van der Waals surface area contributed by atoms with Gasteiger partial charge in [0.05, 0.1) is 5.56 Å². The first-order valence-corrected chi connectivity index (χ1v) is 5.63. The monoisotopic (exact) mass is 235 g/mol.